The van der Waals surface area contributed by atoms with Gasteiger partial charge in [-0.15, -0.1) is 0 Å². The maximum Gasteiger partial charge on any atom is 0.237 e. The number of hydrogen-bond donors (Lipinski definition) is 3. The van der Waals surface area contributed by atoms with Gasteiger partial charge in [0.05, 0.1) is 18.2 Å². The van der Waals surface area contributed by atoms with Crippen molar-refractivity contribution in [2.24, 2.45) is 11.1 Å². The fourth-order valence-electron chi connectivity index (χ4n) is 1.95. The summed E-state index contributed by atoms with van der Waals surface area (Å²) in [7, 11) is 0. The quantitative estimate of drug-likeness (QED) is 0.654. The number of nitrogens with two attached hydrogens (primary N) is 1. The van der Waals surface area contributed by atoms with Gasteiger partial charge in [0.1, 0.15) is 0 Å². The van der Waals surface area contributed by atoms with Crippen molar-refractivity contribution in [3.63, 3.8) is 0 Å². The number of rotatable bonds is 2. The average molecular weight is 228 g/mol. The van der Waals surface area contributed by atoms with Crippen molar-refractivity contribution in [1.29, 1.82) is 0 Å². The van der Waals surface area contributed by atoms with Gasteiger partial charge in [-0.05, 0) is 18.3 Å². The van der Waals surface area contributed by atoms with Crippen LogP contribution in [-0.2, 0) is 4.79 Å². The topological polar surface area (TPSA) is 75.4 Å². The van der Waals surface area contributed by atoms with E-state index < -0.39 is 12.1 Å². The van der Waals surface area contributed by atoms with E-state index in [4.69, 9.17) is 5.73 Å². The van der Waals surface area contributed by atoms with Crippen LogP contribution in [0.3, 0.4) is 0 Å². The van der Waals surface area contributed by atoms with Crippen molar-refractivity contribution in [2.45, 2.75) is 64.6 Å². The molecule has 0 aromatic rings. The molecule has 4 N–H and O–H groups in total. The number of aliphatic hydroxyl groups is 1. The third-order valence-electron chi connectivity index (χ3n) is 3.27. The molecule has 0 radical (unpaired) electrons. The molecule has 1 rings (SSSR count). The molecular weight excluding hydrogens is 204 g/mol. The monoisotopic (exact) mass is 228 g/mol. The molecule has 1 aliphatic carbocycles. The maximum absolute atomic E-state index is 11.9. The van der Waals surface area contributed by atoms with Gasteiger partial charge in [0.2, 0.25) is 5.91 Å². The lowest BCUT2D eigenvalue weighted by atomic mass is 9.86. The lowest BCUT2D eigenvalue weighted by Crippen LogP contribution is -2.54. The van der Waals surface area contributed by atoms with Crippen molar-refractivity contribution in [3.8, 4) is 0 Å². The summed E-state index contributed by atoms with van der Waals surface area (Å²) >= 11 is 0. The van der Waals surface area contributed by atoms with Gasteiger partial charge >= 0.3 is 0 Å². The first-order chi connectivity index (χ1) is 7.32. The molecule has 1 aliphatic rings. The Morgan fingerprint density at radius 3 is 2.44 bits per heavy atom. The maximum atomic E-state index is 11.9. The Balaban J connectivity index is 2.50. The molecule has 4 heteroatoms. The summed E-state index contributed by atoms with van der Waals surface area (Å²) in [5.41, 5.74) is 5.62. The first-order valence-corrected chi connectivity index (χ1v) is 6.06. The largest absolute Gasteiger partial charge is 0.391 e. The van der Waals surface area contributed by atoms with Crippen LogP contribution < -0.4 is 11.1 Å². The molecule has 0 heterocycles. The normalized spacial score (nSPS) is 28.6. The summed E-state index contributed by atoms with van der Waals surface area (Å²) in [6, 6.07) is -0.642. The van der Waals surface area contributed by atoms with Crippen molar-refractivity contribution < 1.29 is 9.90 Å². The SMILES string of the molecule is CC(C)(C)[C@@H](N)C(=O)N[C@H]1CCCC[C@@H]1O. The highest BCUT2D eigenvalue weighted by Crippen LogP contribution is 2.21. The van der Waals surface area contributed by atoms with Gasteiger partial charge in [0.15, 0.2) is 0 Å². The summed E-state index contributed by atoms with van der Waals surface area (Å²) < 4.78 is 0. The summed E-state index contributed by atoms with van der Waals surface area (Å²) in [5, 5.41) is 12.6. The molecule has 4 nitrogen and oxygen atoms in total. The summed E-state index contributed by atoms with van der Waals surface area (Å²) in [6.45, 7) is 5.82. The van der Waals surface area contributed by atoms with E-state index in [-0.39, 0.29) is 17.4 Å². The number of hydrogen-bond acceptors (Lipinski definition) is 3. The predicted molar refractivity (Wildman–Crippen MR) is 63.8 cm³/mol. The standard InChI is InChI=1S/C12H24N2O2/c1-12(2,3)10(13)11(16)14-8-6-4-5-7-9(8)15/h8-10,15H,4-7,13H2,1-3H3,(H,14,16)/t8-,9-,10-/m0/s1. The minimum absolute atomic E-state index is 0.116. The predicted octanol–water partition coefficient (Wildman–Crippen LogP) is 0.779. The van der Waals surface area contributed by atoms with Gasteiger partial charge in [-0.25, -0.2) is 0 Å². The lowest BCUT2D eigenvalue weighted by molar-refractivity contribution is -0.126. The van der Waals surface area contributed by atoms with E-state index in [1.807, 2.05) is 20.8 Å². The number of carbonyl (C=O) groups excluding carboxylic acids is 1. The molecule has 3 atom stereocenters. The van der Waals surface area contributed by atoms with Gasteiger partial charge in [0, 0.05) is 0 Å². The Labute approximate surface area is 97.6 Å². The van der Waals surface area contributed by atoms with Crippen LogP contribution in [0.2, 0.25) is 0 Å². The lowest BCUT2D eigenvalue weighted by Gasteiger charge is -2.32. The Hall–Kier alpha value is -0.610. The van der Waals surface area contributed by atoms with E-state index >= 15 is 0 Å². The molecule has 94 valence electrons. The first kappa shape index (κ1) is 13.5. The van der Waals surface area contributed by atoms with Crippen LogP contribution in [-0.4, -0.2) is 29.2 Å². The van der Waals surface area contributed by atoms with Gasteiger partial charge in [-0.3, -0.25) is 4.79 Å². The fraction of sp³-hybridized carbons (Fsp3) is 0.917. The zero-order valence-corrected chi connectivity index (χ0v) is 10.5. The Kier molecular flexibility index (Phi) is 4.33. The van der Waals surface area contributed by atoms with Crippen LogP contribution in [0.1, 0.15) is 46.5 Å². The third kappa shape index (κ3) is 3.46. The summed E-state index contributed by atoms with van der Waals surface area (Å²) in [4.78, 5) is 11.9. The van der Waals surface area contributed by atoms with Gasteiger partial charge in [0.25, 0.3) is 0 Å². The number of amides is 1. The molecular formula is C12H24N2O2. The fourth-order valence-corrected chi connectivity index (χ4v) is 1.95. The average Bonchev–Trinajstić information content (AvgIpc) is 2.19. The van der Waals surface area contributed by atoms with Gasteiger partial charge in [-0.1, -0.05) is 33.6 Å². The van der Waals surface area contributed by atoms with E-state index in [0.717, 1.165) is 25.7 Å². The molecule has 0 aromatic carbocycles. The minimum atomic E-state index is -0.526. The van der Waals surface area contributed by atoms with Crippen LogP contribution in [0, 0.1) is 5.41 Å². The van der Waals surface area contributed by atoms with E-state index in [9.17, 15) is 9.90 Å². The summed E-state index contributed by atoms with van der Waals surface area (Å²) in [6.07, 6.45) is 3.32. The van der Waals surface area contributed by atoms with Crippen LogP contribution in [0.4, 0.5) is 0 Å². The molecule has 0 aromatic heterocycles. The highest BCUT2D eigenvalue weighted by molar-refractivity contribution is 5.82. The highest BCUT2D eigenvalue weighted by Gasteiger charge is 2.31. The number of aliphatic hydroxyl groups excluding tert-OH is 1. The Morgan fingerprint density at radius 1 is 1.38 bits per heavy atom. The molecule has 16 heavy (non-hydrogen) atoms. The Bertz CT molecular complexity index is 248. The van der Waals surface area contributed by atoms with Crippen LogP contribution in [0.15, 0.2) is 0 Å². The van der Waals surface area contributed by atoms with E-state index in [2.05, 4.69) is 5.32 Å². The van der Waals surface area contributed by atoms with Crippen molar-refractivity contribution >= 4 is 5.91 Å². The second-order valence-corrected chi connectivity index (χ2v) is 5.81. The summed E-state index contributed by atoms with van der Waals surface area (Å²) in [5.74, 6) is -0.154. The van der Waals surface area contributed by atoms with Gasteiger partial charge in [-0.2, -0.15) is 0 Å². The van der Waals surface area contributed by atoms with E-state index in [1.165, 1.54) is 0 Å². The second kappa shape index (κ2) is 5.15. The molecule has 1 amide bonds. The highest BCUT2D eigenvalue weighted by atomic mass is 16.3. The molecule has 1 fully saturated rings. The first-order valence-electron chi connectivity index (χ1n) is 6.06. The van der Waals surface area contributed by atoms with E-state index in [1.54, 1.807) is 0 Å². The third-order valence-corrected chi connectivity index (χ3v) is 3.27. The molecule has 0 unspecified atom stereocenters. The Morgan fingerprint density at radius 2 is 1.94 bits per heavy atom. The van der Waals surface area contributed by atoms with Gasteiger partial charge < -0.3 is 16.2 Å². The smallest absolute Gasteiger partial charge is 0.237 e. The molecule has 0 bridgehead atoms. The molecule has 1 saturated carbocycles. The minimum Gasteiger partial charge on any atom is -0.391 e. The molecule has 0 saturated heterocycles. The second-order valence-electron chi connectivity index (χ2n) is 5.81. The number of nitrogens with one attached hydrogen (secondary N) is 1. The zero-order valence-electron chi connectivity index (χ0n) is 10.5. The van der Waals surface area contributed by atoms with Crippen molar-refractivity contribution in [3.05, 3.63) is 0 Å². The zero-order chi connectivity index (χ0) is 12.3. The number of carbonyl (C=O) groups is 1. The molecule has 0 aliphatic heterocycles. The van der Waals surface area contributed by atoms with Crippen LogP contribution in [0.25, 0.3) is 0 Å². The van der Waals surface area contributed by atoms with Crippen molar-refractivity contribution in [1.82, 2.24) is 5.32 Å². The van der Waals surface area contributed by atoms with Crippen LogP contribution in [0.5, 0.6) is 0 Å². The van der Waals surface area contributed by atoms with E-state index in [0.29, 0.717) is 0 Å². The molecule has 0 spiro atoms. The van der Waals surface area contributed by atoms with Crippen LogP contribution >= 0.6 is 0 Å². The van der Waals surface area contributed by atoms with Crippen molar-refractivity contribution in [2.75, 3.05) is 0 Å².